The van der Waals surface area contributed by atoms with Gasteiger partial charge in [0.15, 0.2) is 0 Å². The molecular formula is C20H10O5SW. The van der Waals surface area contributed by atoms with Gasteiger partial charge in [0.1, 0.15) is 0 Å². The van der Waals surface area contributed by atoms with Crippen LogP contribution in [0.4, 0.5) is 0 Å². The SMILES string of the molecule is S=Cc1c2ccccc2cc2ccccc12.[C-]#[O+].[C-]#[O+].[C-]#[O+].[C-]#[O+].[C-]#[O+].[W]. The van der Waals surface area contributed by atoms with E-state index in [0.29, 0.717) is 0 Å². The normalized spacial score (nSPS) is 6.74. The van der Waals surface area contributed by atoms with Crippen molar-refractivity contribution in [2.75, 3.05) is 0 Å². The van der Waals surface area contributed by atoms with E-state index in [2.05, 4.69) is 87.8 Å². The van der Waals surface area contributed by atoms with E-state index in [9.17, 15) is 0 Å². The Balaban J connectivity index is -0.000000211. The van der Waals surface area contributed by atoms with Gasteiger partial charge < -0.3 is 0 Å². The number of rotatable bonds is 1. The van der Waals surface area contributed by atoms with Crippen molar-refractivity contribution in [3.05, 3.63) is 93.4 Å². The van der Waals surface area contributed by atoms with Crippen LogP contribution in [0.15, 0.2) is 54.6 Å². The molecule has 0 aliphatic heterocycles. The zero-order valence-electron chi connectivity index (χ0n) is 13.6. The number of hydrogen-bond donors (Lipinski definition) is 0. The van der Waals surface area contributed by atoms with Gasteiger partial charge in [-0.15, -0.1) is 0 Å². The van der Waals surface area contributed by atoms with Gasteiger partial charge in [-0.1, -0.05) is 60.7 Å². The van der Waals surface area contributed by atoms with Gasteiger partial charge in [0, 0.05) is 32.0 Å². The van der Waals surface area contributed by atoms with E-state index in [-0.39, 0.29) is 21.1 Å². The van der Waals surface area contributed by atoms with E-state index in [1.54, 1.807) is 5.37 Å². The van der Waals surface area contributed by atoms with Crippen LogP contribution >= 0.6 is 12.2 Å². The third kappa shape index (κ3) is 9.80. The zero-order valence-corrected chi connectivity index (χ0v) is 17.4. The summed E-state index contributed by atoms with van der Waals surface area (Å²) in [5, 5.41) is 6.74. The molecule has 0 N–H and O–H groups in total. The molecule has 0 aliphatic rings. The van der Waals surface area contributed by atoms with Gasteiger partial charge in [0.05, 0.1) is 0 Å². The summed E-state index contributed by atoms with van der Waals surface area (Å²) in [6.45, 7) is 22.5. The quantitative estimate of drug-likeness (QED) is 0.195. The van der Waals surface area contributed by atoms with E-state index in [4.69, 9.17) is 35.5 Å². The number of hydrogen-bond acceptors (Lipinski definition) is 1. The third-order valence-electron chi connectivity index (χ3n) is 2.93. The number of benzene rings is 3. The van der Waals surface area contributed by atoms with Crippen LogP contribution in [-0.2, 0) is 44.3 Å². The maximum Gasteiger partial charge on any atom is 0 e. The van der Waals surface area contributed by atoms with Crippen molar-refractivity contribution in [1.82, 2.24) is 0 Å². The summed E-state index contributed by atoms with van der Waals surface area (Å²) in [5.74, 6) is 0. The Hall–Kier alpha value is -2.34. The molecule has 0 bridgehead atoms. The number of thiocarbonyl (C=S) groups is 1. The molecular weight excluding hydrogens is 536 g/mol. The van der Waals surface area contributed by atoms with E-state index in [1.165, 1.54) is 21.5 Å². The van der Waals surface area contributed by atoms with E-state index >= 15 is 0 Å². The van der Waals surface area contributed by atoms with Gasteiger partial charge >= 0.3 is 56.5 Å². The molecule has 0 amide bonds. The first-order valence-corrected chi connectivity index (χ1v) is 6.75. The van der Waals surface area contributed by atoms with Crippen LogP contribution in [0.1, 0.15) is 5.56 Å². The Kier molecular flexibility index (Phi) is 28.3. The van der Waals surface area contributed by atoms with Crippen molar-refractivity contribution in [2.24, 2.45) is 0 Å². The molecule has 3 rings (SSSR count). The maximum atomic E-state index is 7.50. The Bertz CT molecular complexity index is 822. The van der Waals surface area contributed by atoms with Crippen molar-refractivity contribution >= 4 is 39.1 Å². The van der Waals surface area contributed by atoms with E-state index < -0.39 is 0 Å². The zero-order chi connectivity index (χ0) is 21.0. The minimum atomic E-state index is 0. The molecule has 0 radical (unpaired) electrons. The molecule has 132 valence electrons. The molecule has 0 spiro atoms. The molecule has 0 heterocycles. The predicted octanol–water partition coefficient (Wildman–Crippen LogP) is 4.15. The van der Waals surface area contributed by atoms with Crippen LogP contribution in [0.3, 0.4) is 0 Å². The summed E-state index contributed by atoms with van der Waals surface area (Å²) in [5.41, 5.74) is 1.16. The van der Waals surface area contributed by atoms with E-state index in [0.717, 1.165) is 5.56 Å². The summed E-state index contributed by atoms with van der Waals surface area (Å²) in [6.07, 6.45) is 0. The van der Waals surface area contributed by atoms with Crippen molar-refractivity contribution in [3.63, 3.8) is 0 Å². The summed E-state index contributed by atoms with van der Waals surface area (Å²) in [7, 11) is 0. The van der Waals surface area contributed by atoms with Crippen LogP contribution in [-0.4, -0.2) is 5.37 Å². The minimum absolute atomic E-state index is 0. The molecule has 27 heavy (non-hydrogen) atoms. The van der Waals surface area contributed by atoms with Crippen molar-refractivity contribution in [2.45, 2.75) is 0 Å². The van der Waals surface area contributed by atoms with Crippen molar-refractivity contribution < 1.29 is 44.3 Å². The second-order valence-corrected chi connectivity index (χ2v) is 4.09. The Labute approximate surface area is 176 Å². The van der Waals surface area contributed by atoms with Gasteiger partial charge in [-0.3, -0.25) is 0 Å². The van der Waals surface area contributed by atoms with Crippen LogP contribution < -0.4 is 0 Å². The first-order valence-electron chi connectivity index (χ1n) is 6.28. The van der Waals surface area contributed by atoms with Crippen LogP contribution in [0.2, 0.25) is 0 Å². The Morgan fingerprint density at radius 1 is 0.593 bits per heavy atom. The number of fused-ring (bicyclic) bond motifs is 2. The molecule has 7 heteroatoms. The van der Waals surface area contributed by atoms with Gasteiger partial charge in [0.2, 0.25) is 0 Å². The van der Waals surface area contributed by atoms with Crippen molar-refractivity contribution in [1.29, 1.82) is 0 Å². The predicted molar refractivity (Wildman–Crippen MR) is 93.9 cm³/mol. The monoisotopic (exact) mass is 546 g/mol. The molecule has 0 aromatic heterocycles. The Morgan fingerprint density at radius 2 is 0.889 bits per heavy atom. The van der Waals surface area contributed by atoms with Gasteiger partial charge in [0.25, 0.3) is 0 Å². The largest absolute Gasteiger partial charge is 0 e. The molecule has 0 aliphatic carbocycles. The second-order valence-electron chi connectivity index (χ2n) is 3.85. The first kappa shape index (κ1) is 32.3. The summed E-state index contributed by atoms with van der Waals surface area (Å²) in [4.78, 5) is 0. The molecule has 0 saturated heterocycles. The fourth-order valence-electron chi connectivity index (χ4n) is 2.18. The van der Waals surface area contributed by atoms with Crippen molar-refractivity contribution in [3.8, 4) is 0 Å². The maximum absolute atomic E-state index is 7.50. The second kappa shape index (κ2) is 23.7. The molecule has 5 nitrogen and oxygen atoms in total. The Morgan fingerprint density at radius 3 is 1.19 bits per heavy atom. The van der Waals surface area contributed by atoms with Crippen LogP contribution in [0.25, 0.3) is 21.5 Å². The van der Waals surface area contributed by atoms with Crippen LogP contribution in [0.5, 0.6) is 0 Å². The fraction of sp³-hybridized carbons (Fsp3) is 0. The smallest absolute Gasteiger partial charge is 0 e. The van der Waals surface area contributed by atoms with E-state index in [1.807, 2.05) is 0 Å². The summed E-state index contributed by atoms with van der Waals surface area (Å²) in [6, 6.07) is 19.0. The average molecular weight is 546 g/mol. The molecule has 0 unspecified atom stereocenters. The summed E-state index contributed by atoms with van der Waals surface area (Å²) >= 11 is 5.15. The fourth-order valence-corrected chi connectivity index (χ4v) is 2.43. The molecule has 0 atom stereocenters. The molecule has 0 saturated carbocycles. The summed E-state index contributed by atoms with van der Waals surface area (Å²) < 4.78 is 37.5. The van der Waals surface area contributed by atoms with Gasteiger partial charge in [-0.2, -0.15) is 0 Å². The standard InChI is InChI=1S/C15H10S.5CO.W/c16-10-15-13-7-3-1-5-11(13)9-12-6-2-4-8-14(12)15;5*1-2;/h1-10H;;;;;;. The molecule has 3 aromatic carbocycles. The average Bonchev–Trinajstić information content (AvgIpc) is 2.79. The third-order valence-corrected chi connectivity index (χ3v) is 3.17. The van der Waals surface area contributed by atoms with Gasteiger partial charge in [-0.05, 0) is 27.6 Å². The van der Waals surface area contributed by atoms with Crippen LogP contribution in [0, 0.1) is 33.3 Å². The molecule has 0 fully saturated rings. The topological polar surface area (TPSA) is 99.5 Å². The minimum Gasteiger partial charge on any atom is 0 e. The van der Waals surface area contributed by atoms with Gasteiger partial charge in [-0.25, -0.2) is 0 Å². The molecule has 3 aromatic rings. The first-order chi connectivity index (χ1) is 12.9.